The first kappa shape index (κ1) is 33.5. The van der Waals surface area contributed by atoms with Crippen molar-refractivity contribution in [3.8, 4) is 16.9 Å². The van der Waals surface area contributed by atoms with E-state index >= 15 is 0 Å². The standard InChI is InChI=1S/C38H48FN5O5/c1-26(24-49-36(47)42-22-31(45)23-42)44-21-29(20-41-44)28-10-17-40-34(18-28)43(35(46)27-6-4-3-5-7-27)25-37-11-14-38(15-12-37,16-13-37)30-8-9-33(48-2)32(39)19-30/h8-10,17-21,26-27,31,45H,3-7,11-16,22-25H2,1-2H3. The number of likely N-dealkylation sites (tertiary alicyclic amines) is 1. The molecule has 11 heteroatoms. The summed E-state index contributed by atoms with van der Waals surface area (Å²) in [7, 11) is 1.50. The molecule has 2 bridgehead atoms. The summed E-state index contributed by atoms with van der Waals surface area (Å²) >= 11 is 0. The summed E-state index contributed by atoms with van der Waals surface area (Å²) in [4.78, 5) is 34.8. The second-order valence-corrected chi connectivity index (χ2v) is 15.0. The summed E-state index contributed by atoms with van der Waals surface area (Å²) in [5, 5.41) is 14.0. The number of anilines is 1. The highest BCUT2D eigenvalue weighted by molar-refractivity contribution is 5.95. The van der Waals surface area contributed by atoms with Gasteiger partial charge in [-0.25, -0.2) is 14.2 Å². The van der Waals surface area contributed by atoms with Gasteiger partial charge in [0.25, 0.3) is 0 Å². The molecule has 3 aromatic rings. The van der Waals surface area contributed by atoms with Gasteiger partial charge in [0.2, 0.25) is 5.91 Å². The number of carbonyl (C=O) groups is 2. The zero-order valence-corrected chi connectivity index (χ0v) is 28.7. The van der Waals surface area contributed by atoms with E-state index in [1.165, 1.54) is 18.4 Å². The molecule has 1 aliphatic heterocycles. The van der Waals surface area contributed by atoms with Crippen LogP contribution in [0, 0.1) is 17.2 Å². The van der Waals surface area contributed by atoms with Gasteiger partial charge in [-0.05, 0) is 105 Å². The minimum absolute atomic E-state index is 0.000664. The third-order valence-electron chi connectivity index (χ3n) is 11.9. The molecule has 0 spiro atoms. The van der Waals surface area contributed by atoms with Gasteiger partial charge in [0.15, 0.2) is 11.6 Å². The van der Waals surface area contributed by atoms with Crippen molar-refractivity contribution in [1.29, 1.82) is 0 Å². The zero-order valence-electron chi connectivity index (χ0n) is 28.7. The average molecular weight is 674 g/mol. The minimum Gasteiger partial charge on any atom is -0.494 e. The molecule has 1 saturated heterocycles. The molecule has 1 N–H and O–H groups in total. The van der Waals surface area contributed by atoms with E-state index in [-0.39, 0.29) is 46.9 Å². The Labute approximate surface area is 287 Å². The maximum Gasteiger partial charge on any atom is 0.410 e. The zero-order chi connectivity index (χ0) is 34.2. The number of pyridine rings is 1. The van der Waals surface area contributed by atoms with Gasteiger partial charge >= 0.3 is 6.09 Å². The Morgan fingerprint density at radius 3 is 2.45 bits per heavy atom. The van der Waals surface area contributed by atoms with Crippen LogP contribution in [0.25, 0.3) is 11.1 Å². The van der Waals surface area contributed by atoms with Crippen molar-refractivity contribution in [2.45, 2.75) is 95.1 Å². The molecule has 2 amide bonds. The first-order valence-electron chi connectivity index (χ1n) is 17.9. The van der Waals surface area contributed by atoms with Crippen molar-refractivity contribution in [2.24, 2.45) is 11.3 Å². The largest absolute Gasteiger partial charge is 0.494 e. The van der Waals surface area contributed by atoms with Crippen LogP contribution in [0.4, 0.5) is 15.0 Å². The maximum absolute atomic E-state index is 14.7. The fraction of sp³-hybridized carbons (Fsp3) is 0.579. The van der Waals surface area contributed by atoms with E-state index in [2.05, 4.69) is 5.10 Å². The number of nitrogens with zero attached hydrogens (tertiary/aromatic N) is 5. The molecule has 1 aromatic carbocycles. The van der Waals surface area contributed by atoms with Crippen molar-refractivity contribution in [3.63, 3.8) is 0 Å². The monoisotopic (exact) mass is 673 g/mol. The minimum atomic E-state index is -0.473. The first-order valence-corrected chi connectivity index (χ1v) is 17.9. The number of aliphatic hydroxyl groups excluding tert-OH is 1. The Morgan fingerprint density at radius 1 is 1.04 bits per heavy atom. The Hall–Kier alpha value is -3.99. The number of ether oxygens (including phenoxy) is 2. The van der Waals surface area contributed by atoms with Gasteiger partial charge in [-0.15, -0.1) is 0 Å². The predicted octanol–water partition coefficient (Wildman–Crippen LogP) is 6.67. The van der Waals surface area contributed by atoms with Crippen molar-refractivity contribution >= 4 is 17.8 Å². The molecular formula is C38H48FN5O5. The van der Waals surface area contributed by atoms with Gasteiger partial charge in [0.1, 0.15) is 12.4 Å². The van der Waals surface area contributed by atoms with Gasteiger partial charge in [0, 0.05) is 30.4 Å². The number of amides is 2. The lowest BCUT2D eigenvalue weighted by Gasteiger charge is -2.55. The molecule has 49 heavy (non-hydrogen) atoms. The van der Waals surface area contributed by atoms with Crippen LogP contribution in [-0.4, -0.2) is 76.2 Å². The highest BCUT2D eigenvalue weighted by atomic mass is 19.1. The van der Waals surface area contributed by atoms with Crippen LogP contribution in [0.1, 0.15) is 89.2 Å². The smallest absolute Gasteiger partial charge is 0.410 e. The molecule has 8 rings (SSSR count). The highest BCUT2D eigenvalue weighted by Gasteiger charge is 2.51. The number of fused-ring (bicyclic) bond motifs is 3. The molecule has 0 radical (unpaired) electrons. The molecule has 4 saturated carbocycles. The van der Waals surface area contributed by atoms with Crippen molar-refractivity contribution in [1.82, 2.24) is 19.7 Å². The number of halogens is 1. The molecule has 4 aliphatic carbocycles. The van der Waals surface area contributed by atoms with E-state index in [1.54, 1.807) is 29.2 Å². The molecule has 262 valence electrons. The number of β-amino-alcohol motifs (C(OH)–C–C–N with tert-alkyl or cyclic N) is 1. The van der Waals surface area contributed by atoms with E-state index in [4.69, 9.17) is 14.5 Å². The van der Waals surface area contributed by atoms with Crippen LogP contribution < -0.4 is 9.64 Å². The normalized spacial score (nSPS) is 24.7. The number of carbonyl (C=O) groups excluding carboxylic acids is 2. The fourth-order valence-electron chi connectivity index (χ4n) is 8.54. The number of hydrogen-bond acceptors (Lipinski definition) is 7. The molecule has 1 unspecified atom stereocenters. The number of aliphatic hydroxyl groups is 1. The lowest BCUT2D eigenvalue weighted by molar-refractivity contribution is -0.124. The number of benzene rings is 1. The van der Waals surface area contributed by atoms with E-state index in [0.29, 0.717) is 25.5 Å². The van der Waals surface area contributed by atoms with E-state index in [0.717, 1.165) is 80.9 Å². The van der Waals surface area contributed by atoms with E-state index in [1.807, 2.05) is 36.2 Å². The molecule has 10 nitrogen and oxygen atoms in total. The molecule has 3 heterocycles. The lowest BCUT2D eigenvalue weighted by Crippen LogP contribution is -2.53. The molecule has 5 aliphatic rings. The number of rotatable bonds is 10. The van der Waals surface area contributed by atoms with Gasteiger partial charge < -0.3 is 19.5 Å². The Kier molecular flexibility index (Phi) is 9.39. The van der Waals surface area contributed by atoms with E-state index < -0.39 is 12.2 Å². The van der Waals surface area contributed by atoms with Crippen LogP contribution in [0.2, 0.25) is 0 Å². The molecule has 1 atom stereocenters. The van der Waals surface area contributed by atoms with Crippen molar-refractivity contribution in [3.05, 3.63) is 60.3 Å². The summed E-state index contributed by atoms with van der Waals surface area (Å²) in [5.41, 5.74) is 2.84. The molecule has 2 aromatic heterocycles. The summed E-state index contributed by atoms with van der Waals surface area (Å²) in [6, 6.07) is 9.21. The SMILES string of the molecule is COc1ccc(C23CCC(CN(C(=O)C4CCCCC4)c4cc(-c5cnn(C(C)COC(=O)N6CC(O)C6)c5)ccn4)(CC2)CC3)cc1F. The third-order valence-corrected chi connectivity index (χ3v) is 11.9. The Bertz CT molecular complexity index is 1640. The summed E-state index contributed by atoms with van der Waals surface area (Å²) in [5.74, 6) is 0.835. The highest BCUT2D eigenvalue weighted by Crippen LogP contribution is 2.58. The Balaban J connectivity index is 1.08. The van der Waals surface area contributed by atoms with Gasteiger partial charge in [0.05, 0.1) is 38.5 Å². The molecule has 5 fully saturated rings. The first-order chi connectivity index (χ1) is 23.7. The topological polar surface area (TPSA) is 110 Å². The maximum atomic E-state index is 14.7. The average Bonchev–Trinajstić information content (AvgIpc) is 3.63. The summed E-state index contributed by atoms with van der Waals surface area (Å²) in [6.07, 6.45) is 15.7. The lowest BCUT2D eigenvalue weighted by atomic mass is 9.51. The second-order valence-electron chi connectivity index (χ2n) is 15.0. The number of aromatic nitrogens is 3. The quantitative estimate of drug-likeness (QED) is 0.256. The Morgan fingerprint density at radius 2 is 1.78 bits per heavy atom. The van der Waals surface area contributed by atoms with Gasteiger partial charge in [-0.2, -0.15) is 5.10 Å². The summed E-state index contributed by atoms with van der Waals surface area (Å²) in [6.45, 7) is 3.34. The predicted molar refractivity (Wildman–Crippen MR) is 183 cm³/mol. The van der Waals surface area contributed by atoms with Crippen molar-refractivity contribution < 1.29 is 28.6 Å². The van der Waals surface area contributed by atoms with Crippen molar-refractivity contribution in [2.75, 3.05) is 38.3 Å². The molecular weight excluding hydrogens is 625 g/mol. The number of hydrogen-bond donors (Lipinski definition) is 1. The van der Waals surface area contributed by atoms with Gasteiger partial charge in [-0.3, -0.25) is 14.4 Å². The number of methoxy groups -OCH3 is 1. The van der Waals surface area contributed by atoms with E-state index in [9.17, 15) is 19.1 Å². The fourth-order valence-corrected chi connectivity index (χ4v) is 8.54. The second kappa shape index (κ2) is 13.7. The van der Waals surface area contributed by atoms with Crippen LogP contribution in [0.5, 0.6) is 5.75 Å². The van der Waals surface area contributed by atoms with Crippen LogP contribution in [0.3, 0.4) is 0 Å². The van der Waals surface area contributed by atoms with Crippen LogP contribution >= 0.6 is 0 Å². The summed E-state index contributed by atoms with van der Waals surface area (Å²) < 4.78 is 27.1. The van der Waals surface area contributed by atoms with Crippen LogP contribution in [0.15, 0.2) is 48.9 Å². The van der Waals surface area contributed by atoms with Gasteiger partial charge in [-0.1, -0.05) is 25.3 Å². The van der Waals surface area contributed by atoms with Crippen LogP contribution in [-0.2, 0) is 14.9 Å². The third kappa shape index (κ3) is 6.78.